The number of nitrogens with zero attached hydrogens (tertiary/aromatic N) is 6. The fourth-order valence-corrected chi connectivity index (χ4v) is 4.32. The maximum atomic E-state index is 12.6. The zero-order valence-corrected chi connectivity index (χ0v) is 16.3. The fraction of sp³-hybridized carbons (Fsp3) is 0.500. The van der Waals surface area contributed by atoms with Gasteiger partial charge in [-0.15, -0.1) is 25.8 Å². The van der Waals surface area contributed by atoms with Crippen molar-refractivity contribution in [1.82, 2.24) is 19.5 Å². The number of alkyl halides is 2. The maximum absolute atomic E-state index is 12.6. The molecule has 0 fully saturated rings. The summed E-state index contributed by atoms with van der Waals surface area (Å²) in [5, 5.41) is 7.30. The van der Waals surface area contributed by atoms with Gasteiger partial charge in [-0.2, -0.15) is 8.78 Å². The molecule has 0 radical (unpaired) electrons. The van der Waals surface area contributed by atoms with Gasteiger partial charge in [0.15, 0.2) is 0 Å². The largest absolute Gasteiger partial charge is 0.414 e. The van der Waals surface area contributed by atoms with E-state index in [2.05, 4.69) is 20.2 Å². The van der Waals surface area contributed by atoms with E-state index in [1.165, 1.54) is 10.5 Å². The first-order chi connectivity index (χ1) is 12.7. The van der Waals surface area contributed by atoms with Crippen molar-refractivity contribution >= 4 is 33.4 Å². The molecule has 13 heteroatoms. The van der Waals surface area contributed by atoms with Crippen molar-refractivity contribution in [3.05, 3.63) is 17.1 Å². The van der Waals surface area contributed by atoms with Gasteiger partial charge in [0.05, 0.1) is 25.5 Å². The Bertz CT molecular complexity index is 980. The van der Waals surface area contributed by atoms with Crippen LogP contribution in [0.25, 0.3) is 10.8 Å². The van der Waals surface area contributed by atoms with Crippen LogP contribution in [0.4, 0.5) is 8.78 Å². The smallest absolute Gasteiger partial charge is 0.314 e. The summed E-state index contributed by atoms with van der Waals surface area (Å²) in [4.78, 5) is 8.90. The second-order valence-corrected chi connectivity index (χ2v) is 8.99. The molecule has 0 N–H and O–H groups in total. The molecule has 9 nitrogen and oxygen atoms in total. The van der Waals surface area contributed by atoms with E-state index in [0.29, 0.717) is 15.7 Å². The number of halogens is 2. The molecule has 1 unspecified atom stereocenters. The van der Waals surface area contributed by atoms with Crippen LogP contribution < -0.4 is 0 Å². The van der Waals surface area contributed by atoms with Crippen LogP contribution in [0.1, 0.15) is 31.2 Å². The molecule has 146 valence electrons. The minimum Gasteiger partial charge on any atom is -0.414 e. The van der Waals surface area contributed by atoms with Crippen molar-refractivity contribution in [2.45, 2.75) is 33.0 Å². The molecule has 0 aliphatic carbocycles. The van der Waals surface area contributed by atoms with Crippen LogP contribution in [0, 0.1) is 0 Å². The standard InChI is InChI=1S/C14H17F2N6O3S2/c1-4-27(23,24)22(10-6-21(3)8(2)18-10)7-11-17-5-9(26-11)13-19-20-14(25-13)12(15)16/h5-6,10,12H,4,7H2,1-3H3/q+1. The topological polar surface area (TPSA) is 105 Å². The van der Waals surface area contributed by atoms with Crippen molar-refractivity contribution in [2.75, 3.05) is 12.8 Å². The Balaban J connectivity index is 1.86. The highest BCUT2D eigenvalue weighted by molar-refractivity contribution is 7.89. The second kappa shape index (κ2) is 7.48. The third-order valence-corrected chi connectivity index (χ3v) is 6.65. The molecule has 3 heterocycles. The Morgan fingerprint density at radius 2 is 2.15 bits per heavy atom. The molecule has 1 aliphatic heterocycles. The van der Waals surface area contributed by atoms with E-state index in [4.69, 9.17) is 4.42 Å². The SMILES string of the molecule is CCS(=O)(=O)N(Cc1ncc(-c2nnc(C(F)F)o2)s1)C1C=[N+](C)C(C)=N1. The monoisotopic (exact) mass is 419 g/mol. The first-order valence-corrected chi connectivity index (χ1v) is 10.3. The molecular formula is C14H17F2N6O3S2+. The van der Waals surface area contributed by atoms with Gasteiger partial charge in [0.2, 0.25) is 10.0 Å². The Morgan fingerprint density at radius 1 is 1.41 bits per heavy atom. The van der Waals surface area contributed by atoms with Crippen LogP contribution in [0.2, 0.25) is 0 Å². The van der Waals surface area contributed by atoms with Crippen LogP contribution in [0.5, 0.6) is 0 Å². The Labute approximate surface area is 158 Å². The van der Waals surface area contributed by atoms with E-state index in [1.54, 1.807) is 31.7 Å². The van der Waals surface area contributed by atoms with Crippen LogP contribution in [-0.4, -0.2) is 63.5 Å². The quantitative estimate of drug-likeness (QED) is 0.634. The summed E-state index contributed by atoms with van der Waals surface area (Å²) >= 11 is 1.09. The number of hydrogen-bond donors (Lipinski definition) is 0. The Kier molecular flexibility index (Phi) is 5.44. The summed E-state index contributed by atoms with van der Waals surface area (Å²) in [7, 11) is -1.78. The summed E-state index contributed by atoms with van der Waals surface area (Å²) in [6, 6.07) is 0. The normalized spacial score (nSPS) is 17.7. The maximum Gasteiger partial charge on any atom is 0.314 e. The molecule has 0 amide bonds. The molecule has 1 aliphatic rings. The van der Waals surface area contributed by atoms with Gasteiger partial charge in [0.25, 0.3) is 23.8 Å². The summed E-state index contributed by atoms with van der Waals surface area (Å²) in [5.41, 5.74) is 0. The predicted molar refractivity (Wildman–Crippen MR) is 94.5 cm³/mol. The second-order valence-electron chi connectivity index (χ2n) is 5.66. The molecule has 0 saturated carbocycles. The summed E-state index contributed by atoms with van der Waals surface area (Å²) in [5.74, 6) is -0.250. The van der Waals surface area contributed by atoms with Crippen LogP contribution in [-0.2, 0) is 16.6 Å². The third-order valence-electron chi connectivity index (χ3n) is 3.89. The van der Waals surface area contributed by atoms with E-state index >= 15 is 0 Å². The van der Waals surface area contributed by atoms with Gasteiger partial charge in [-0.3, -0.25) is 0 Å². The van der Waals surface area contributed by atoms with Gasteiger partial charge < -0.3 is 4.42 Å². The molecule has 1 atom stereocenters. The average molecular weight is 419 g/mol. The number of aromatic nitrogens is 3. The lowest BCUT2D eigenvalue weighted by atomic mass is 10.5. The van der Waals surface area contributed by atoms with Gasteiger partial charge in [-0.25, -0.2) is 18.0 Å². The minimum absolute atomic E-state index is 0.0114. The van der Waals surface area contributed by atoms with Gasteiger partial charge in [-0.1, -0.05) is 4.99 Å². The van der Waals surface area contributed by atoms with E-state index in [9.17, 15) is 17.2 Å². The van der Waals surface area contributed by atoms with E-state index in [1.807, 2.05) is 0 Å². The summed E-state index contributed by atoms with van der Waals surface area (Å²) in [6.45, 7) is 3.32. The van der Waals surface area contributed by atoms with Crippen LogP contribution in [0.3, 0.4) is 0 Å². The number of aliphatic imine (C=N–C) groups is 1. The first-order valence-electron chi connectivity index (χ1n) is 7.89. The molecule has 0 bridgehead atoms. The third kappa shape index (κ3) is 4.09. The number of hydrogen-bond acceptors (Lipinski definition) is 8. The molecule has 3 rings (SSSR count). The van der Waals surface area contributed by atoms with Crippen molar-refractivity contribution < 1.29 is 26.2 Å². The lowest BCUT2D eigenvalue weighted by Gasteiger charge is -2.19. The number of sulfonamides is 1. The zero-order valence-electron chi connectivity index (χ0n) is 14.7. The lowest BCUT2D eigenvalue weighted by molar-refractivity contribution is -0.363. The summed E-state index contributed by atoms with van der Waals surface area (Å²) in [6.07, 6.45) is -0.441. The molecule has 2 aromatic heterocycles. The predicted octanol–water partition coefficient (Wildman–Crippen LogP) is 1.75. The van der Waals surface area contributed by atoms with Gasteiger partial charge in [0, 0.05) is 6.92 Å². The van der Waals surface area contributed by atoms with E-state index in [0.717, 1.165) is 11.3 Å². The average Bonchev–Trinajstić information content (AvgIpc) is 3.33. The van der Waals surface area contributed by atoms with Crippen molar-refractivity contribution in [3.8, 4) is 10.8 Å². The van der Waals surface area contributed by atoms with E-state index < -0.39 is 28.5 Å². The van der Waals surface area contributed by atoms with Gasteiger partial charge in [0.1, 0.15) is 16.1 Å². The molecule has 0 aromatic carbocycles. The van der Waals surface area contributed by atoms with Crippen molar-refractivity contribution in [3.63, 3.8) is 0 Å². The molecule has 2 aromatic rings. The highest BCUT2D eigenvalue weighted by atomic mass is 32.2. The summed E-state index contributed by atoms with van der Waals surface area (Å²) < 4.78 is 58.1. The van der Waals surface area contributed by atoms with Crippen LogP contribution in [0.15, 0.2) is 15.6 Å². The van der Waals surface area contributed by atoms with Gasteiger partial charge in [-0.05, 0) is 6.92 Å². The molecule has 27 heavy (non-hydrogen) atoms. The van der Waals surface area contributed by atoms with Crippen molar-refractivity contribution in [2.24, 2.45) is 4.99 Å². The first kappa shape index (κ1) is 19.6. The Hall–Kier alpha value is -2.12. The minimum atomic E-state index is -3.57. The Morgan fingerprint density at radius 3 is 2.70 bits per heavy atom. The molecular weight excluding hydrogens is 402 g/mol. The zero-order chi connectivity index (χ0) is 19.8. The van der Waals surface area contributed by atoms with Gasteiger partial charge >= 0.3 is 6.43 Å². The molecule has 0 saturated heterocycles. The van der Waals surface area contributed by atoms with Crippen molar-refractivity contribution in [1.29, 1.82) is 0 Å². The number of amidine groups is 1. The fourth-order valence-electron chi connectivity index (χ4n) is 2.32. The lowest BCUT2D eigenvalue weighted by Crippen LogP contribution is -2.40. The number of rotatable bonds is 7. The highest BCUT2D eigenvalue weighted by Gasteiger charge is 2.37. The van der Waals surface area contributed by atoms with E-state index in [-0.39, 0.29) is 18.2 Å². The highest BCUT2D eigenvalue weighted by Crippen LogP contribution is 2.29. The number of thiazole rings is 1. The molecule has 0 spiro atoms. The van der Waals surface area contributed by atoms with Crippen LogP contribution >= 0.6 is 11.3 Å².